The van der Waals surface area contributed by atoms with Crippen LogP contribution in [0.1, 0.15) is 31.9 Å². The Labute approximate surface area is 197 Å². The summed E-state index contributed by atoms with van der Waals surface area (Å²) >= 11 is 2.62. The van der Waals surface area contributed by atoms with Gasteiger partial charge in [0.15, 0.2) is 0 Å². The van der Waals surface area contributed by atoms with Crippen molar-refractivity contribution in [3.8, 4) is 5.75 Å². The summed E-state index contributed by atoms with van der Waals surface area (Å²) in [6.45, 7) is 7.95. The molecule has 32 heavy (non-hydrogen) atoms. The molecule has 0 bridgehead atoms. The lowest BCUT2D eigenvalue weighted by Gasteiger charge is -2.33. The first-order chi connectivity index (χ1) is 15.3. The maximum atomic E-state index is 12.9. The molecule has 0 N–H and O–H groups in total. The summed E-state index contributed by atoms with van der Waals surface area (Å²) in [6.07, 6.45) is 0. The minimum Gasteiger partial charge on any atom is -0.489 e. The third kappa shape index (κ3) is 4.76. The van der Waals surface area contributed by atoms with E-state index in [-0.39, 0.29) is 5.91 Å². The molecule has 0 saturated carbocycles. The molecule has 6 nitrogen and oxygen atoms in total. The number of aryl methyl sites for hydroxylation is 2. The van der Waals surface area contributed by atoms with E-state index in [9.17, 15) is 13.2 Å². The highest BCUT2D eigenvalue weighted by Gasteiger charge is 2.31. The zero-order chi connectivity index (χ0) is 22.9. The topological polar surface area (TPSA) is 66.9 Å². The van der Waals surface area contributed by atoms with Crippen molar-refractivity contribution < 1.29 is 17.9 Å². The highest BCUT2D eigenvalue weighted by molar-refractivity contribution is 7.91. The molecule has 0 unspecified atom stereocenters. The molecule has 0 spiro atoms. The van der Waals surface area contributed by atoms with Gasteiger partial charge in [0.05, 0.1) is 4.88 Å². The zero-order valence-electron chi connectivity index (χ0n) is 18.3. The van der Waals surface area contributed by atoms with Gasteiger partial charge in [-0.25, -0.2) is 8.42 Å². The Bertz CT molecular complexity index is 1210. The van der Waals surface area contributed by atoms with Crippen molar-refractivity contribution in [3.63, 3.8) is 0 Å². The molecule has 3 aromatic rings. The van der Waals surface area contributed by atoms with Crippen LogP contribution in [-0.2, 0) is 16.6 Å². The molecule has 2 aromatic heterocycles. The summed E-state index contributed by atoms with van der Waals surface area (Å²) in [7, 11) is -3.47. The number of hydrogen-bond acceptors (Lipinski definition) is 6. The number of ether oxygens (including phenoxy) is 1. The molecule has 170 valence electrons. The molecule has 3 heterocycles. The molecule has 1 aliphatic heterocycles. The van der Waals surface area contributed by atoms with Gasteiger partial charge in [0.1, 0.15) is 16.6 Å². The molecule has 0 atom stereocenters. The van der Waals surface area contributed by atoms with E-state index in [1.807, 2.05) is 31.4 Å². The van der Waals surface area contributed by atoms with Crippen LogP contribution < -0.4 is 4.74 Å². The van der Waals surface area contributed by atoms with Gasteiger partial charge < -0.3 is 9.64 Å². The Hall–Kier alpha value is -2.20. The summed E-state index contributed by atoms with van der Waals surface area (Å²) in [5.74, 6) is 0.807. The van der Waals surface area contributed by atoms with Gasteiger partial charge in [-0.15, -0.1) is 22.7 Å². The molecule has 0 radical (unpaired) electrons. The number of carbonyl (C=O) groups excluding carboxylic acids is 1. The second-order valence-corrected chi connectivity index (χ2v) is 12.0. The fourth-order valence-corrected chi connectivity index (χ4v) is 7.13. The number of carbonyl (C=O) groups is 1. The van der Waals surface area contributed by atoms with Crippen molar-refractivity contribution in [1.82, 2.24) is 9.21 Å². The largest absolute Gasteiger partial charge is 0.489 e. The Morgan fingerprint density at radius 3 is 2.50 bits per heavy atom. The maximum absolute atomic E-state index is 12.9. The van der Waals surface area contributed by atoms with Crippen molar-refractivity contribution in [1.29, 1.82) is 0 Å². The first-order valence-corrected chi connectivity index (χ1v) is 13.6. The number of benzene rings is 1. The summed E-state index contributed by atoms with van der Waals surface area (Å²) in [6, 6.07) is 9.39. The Morgan fingerprint density at radius 1 is 1.06 bits per heavy atom. The predicted molar refractivity (Wildman–Crippen MR) is 128 cm³/mol. The van der Waals surface area contributed by atoms with Gasteiger partial charge in [0, 0.05) is 31.7 Å². The van der Waals surface area contributed by atoms with Crippen LogP contribution >= 0.6 is 22.7 Å². The van der Waals surface area contributed by atoms with Crippen LogP contribution in [0, 0.1) is 20.8 Å². The van der Waals surface area contributed by atoms with E-state index in [0.717, 1.165) is 22.4 Å². The summed E-state index contributed by atoms with van der Waals surface area (Å²) in [5, 5.41) is 3.70. The number of thiophene rings is 2. The minimum absolute atomic E-state index is 0.0583. The van der Waals surface area contributed by atoms with E-state index in [0.29, 0.717) is 41.9 Å². The van der Waals surface area contributed by atoms with Crippen molar-refractivity contribution in [2.24, 2.45) is 0 Å². The molecule has 9 heteroatoms. The van der Waals surface area contributed by atoms with Gasteiger partial charge in [-0.3, -0.25) is 4.79 Å². The van der Waals surface area contributed by atoms with E-state index in [4.69, 9.17) is 4.74 Å². The number of piperazine rings is 1. The maximum Gasteiger partial charge on any atom is 0.264 e. The van der Waals surface area contributed by atoms with Gasteiger partial charge in [0.2, 0.25) is 0 Å². The number of amides is 1. The Kier molecular flexibility index (Phi) is 6.71. The average Bonchev–Trinajstić information content (AvgIpc) is 3.47. The molecule has 0 aliphatic carbocycles. The first kappa shape index (κ1) is 23.0. The molecule has 1 saturated heterocycles. The lowest BCUT2D eigenvalue weighted by atomic mass is 10.1. The predicted octanol–water partition coefficient (Wildman–Crippen LogP) is 4.46. The van der Waals surface area contributed by atoms with Gasteiger partial charge in [-0.2, -0.15) is 4.31 Å². The summed E-state index contributed by atoms with van der Waals surface area (Å²) in [5.41, 5.74) is 4.43. The van der Waals surface area contributed by atoms with Crippen molar-refractivity contribution in [2.75, 3.05) is 26.2 Å². The highest BCUT2D eigenvalue weighted by Crippen LogP contribution is 2.26. The molecule has 4 rings (SSSR count). The molecule has 1 aliphatic rings. The van der Waals surface area contributed by atoms with Crippen LogP contribution in [-0.4, -0.2) is 49.7 Å². The van der Waals surface area contributed by atoms with Crippen molar-refractivity contribution in [2.45, 2.75) is 31.6 Å². The number of rotatable bonds is 6. The van der Waals surface area contributed by atoms with E-state index < -0.39 is 10.0 Å². The lowest BCUT2D eigenvalue weighted by Crippen LogP contribution is -2.50. The third-order valence-electron chi connectivity index (χ3n) is 5.64. The molecule has 1 fully saturated rings. The standard InChI is InChI=1S/C23H26N2O4S3/c1-16-11-17(2)18(3)20(12-16)29-14-19-13-21(31-15-19)23(26)24-6-8-25(9-7-24)32(27,28)22-5-4-10-30-22/h4-5,10-13,15H,6-9,14H2,1-3H3. The van der Waals surface area contributed by atoms with Gasteiger partial charge in [-0.1, -0.05) is 12.1 Å². The van der Waals surface area contributed by atoms with Crippen LogP contribution in [0.3, 0.4) is 0 Å². The number of sulfonamides is 1. The van der Waals surface area contributed by atoms with E-state index in [2.05, 4.69) is 13.0 Å². The zero-order valence-corrected chi connectivity index (χ0v) is 20.8. The number of hydrogen-bond donors (Lipinski definition) is 0. The van der Waals surface area contributed by atoms with Crippen LogP contribution in [0.4, 0.5) is 0 Å². The SMILES string of the molecule is Cc1cc(C)c(C)c(OCc2csc(C(=O)N3CCN(S(=O)(=O)c4cccs4)CC3)c2)c1. The lowest BCUT2D eigenvalue weighted by molar-refractivity contribution is 0.0703. The van der Waals surface area contributed by atoms with Crippen LogP contribution in [0.2, 0.25) is 0 Å². The quantitative estimate of drug-likeness (QED) is 0.512. The molecular formula is C23H26N2O4S3. The second-order valence-electron chi connectivity index (χ2n) is 7.94. The van der Waals surface area contributed by atoms with E-state index in [1.165, 1.54) is 32.5 Å². The van der Waals surface area contributed by atoms with Gasteiger partial charge in [0.25, 0.3) is 15.9 Å². The van der Waals surface area contributed by atoms with Crippen LogP contribution in [0.25, 0.3) is 0 Å². The van der Waals surface area contributed by atoms with E-state index >= 15 is 0 Å². The average molecular weight is 491 g/mol. The Morgan fingerprint density at radius 2 is 1.81 bits per heavy atom. The minimum atomic E-state index is -3.47. The summed E-state index contributed by atoms with van der Waals surface area (Å²) < 4.78 is 33.2. The smallest absolute Gasteiger partial charge is 0.264 e. The van der Waals surface area contributed by atoms with Crippen molar-refractivity contribution >= 4 is 38.6 Å². The molecule has 1 aromatic carbocycles. The first-order valence-electron chi connectivity index (χ1n) is 10.4. The summed E-state index contributed by atoms with van der Waals surface area (Å²) in [4.78, 5) is 15.3. The molecular weight excluding hydrogens is 464 g/mol. The molecule has 1 amide bonds. The van der Waals surface area contributed by atoms with Gasteiger partial charge in [-0.05, 0) is 66.4 Å². The van der Waals surface area contributed by atoms with Gasteiger partial charge >= 0.3 is 0 Å². The monoisotopic (exact) mass is 490 g/mol. The fourth-order valence-electron chi connectivity index (χ4n) is 3.70. The second kappa shape index (κ2) is 9.35. The normalized spacial score (nSPS) is 15.2. The fraction of sp³-hybridized carbons (Fsp3) is 0.348. The number of nitrogens with zero attached hydrogens (tertiary/aromatic N) is 2. The Balaban J connectivity index is 1.35. The van der Waals surface area contributed by atoms with E-state index in [1.54, 1.807) is 22.4 Å². The van der Waals surface area contributed by atoms with Crippen LogP contribution in [0.15, 0.2) is 45.3 Å². The third-order valence-corrected chi connectivity index (χ3v) is 9.88. The highest BCUT2D eigenvalue weighted by atomic mass is 32.2. The van der Waals surface area contributed by atoms with Crippen LogP contribution in [0.5, 0.6) is 5.75 Å². The van der Waals surface area contributed by atoms with Crippen molar-refractivity contribution in [3.05, 3.63) is 68.2 Å².